The van der Waals surface area contributed by atoms with E-state index in [0.29, 0.717) is 12.1 Å². The molecule has 0 radical (unpaired) electrons. The van der Waals surface area contributed by atoms with Gasteiger partial charge in [-0.15, -0.1) is 0 Å². The first-order valence-electron chi connectivity index (χ1n) is 9.19. The summed E-state index contributed by atoms with van der Waals surface area (Å²) in [6.07, 6.45) is -2.34. The van der Waals surface area contributed by atoms with Gasteiger partial charge in [-0.05, 0) is 41.3 Å². The zero-order valence-electron chi connectivity index (χ0n) is 15.9. The molecule has 0 saturated heterocycles. The van der Waals surface area contributed by atoms with Gasteiger partial charge in [-0.25, -0.2) is 4.98 Å². The summed E-state index contributed by atoms with van der Waals surface area (Å²) in [5.41, 5.74) is 0.949. The van der Waals surface area contributed by atoms with Crippen molar-refractivity contribution >= 4 is 11.6 Å². The lowest BCUT2D eigenvalue weighted by molar-refractivity contribution is -0.138. The van der Waals surface area contributed by atoms with Crippen LogP contribution in [0.15, 0.2) is 48.8 Å². The minimum atomic E-state index is -4.49. The Morgan fingerprint density at radius 3 is 2.62 bits per heavy atom. The fourth-order valence-corrected chi connectivity index (χ4v) is 3.70. The molecule has 1 aliphatic heterocycles. The van der Waals surface area contributed by atoms with Crippen molar-refractivity contribution in [3.63, 3.8) is 0 Å². The summed E-state index contributed by atoms with van der Waals surface area (Å²) >= 11 is 0. The number of carbonyl (C=O) groups is 1. The van der Waals surface area contributed by atoms with E-state index >= 15 is 0 Å². The van der Waals surface area contributed by atoms with Crippen molar-refractivity contribution in [3.05, 3.63) is 76.9 Å². The van der Waals surface area contributed by atoms with Crippen molar-refractivity contribution in [1.29, 1.82) is 0 Å². The average molecular weight is 400 g/mol. The number of benzene rings is 2. The van der Waals surface area contributed by atoms with Crippen LogP contribution in [0.25, 0.3) is 0 Å². The van der Waals surface area contributed by atoms with Gasteiger partial charge in [0.1, 0.15) is 12.2 Å². The second-order valence-electron chi connectivity index (χ2n) is 7.22. The van der Waals surface area contributed by atoms with Gasteiger partial charge in [-0.3, -0.25) is 9.48 Å². The van der Waals surface area contributed by atoms with Crippen LogP contribution >= 0.6 is 0 Å². The quantitative estimate of drug-likeness (QED) is 0.655. The maximum atomic E-state index is 13.3. The zero-order valence-corrected chi connectivity index (χ0v) is 15.9. The van der Waals surface area contributed by atoms with E-state index in [-0.39, 0.29) is 23.6 Å². The van der Waals surface area contributed by atoms with Crippen LogP contribution in [0.1, 0.15) is 45.7 Å². The first-order chi connectivity index (χ1) is 13.8. The summed E-state index contributed by atoms with van der Waals surface area (Å²) in [7, 11) is 1.82. The summed E-state index contributed by atoms with van der Waals surface area (Å²) in [6, 6.07) is 11.1. The van der Waals surface area contributed by atoms with Crippen LogP contribution < -0.4 is 4.90 Å². The molecule has 8 heteroatoms. The van der Waals surface area contributed by atoms with Gasteiger partial charge in [-0.1, -0.05) is 25.1 Å². The lowest BCUT2D eigenvalue weighted by atomic mass is 9.97. The number of anilines is 1. The zero-order chi connectivity index (χ0) is 20.8. The molecule has 29 heavy (non-hydrogen) atoms. The van der Waals surface area contributed by atoms with E-state index in [0.717, 1.165) is 17.5 Å². The summed E-state index contributed by atoms with van der Waals surface area (Å²) in [5, 5.41) is 4.07. The van der Waals surface area contributed by atoms with E-state index < -0.39 is 17.6 Å². The van der Waals surface area contributed by atoms with E-state index in [1.165, 1.54) is 23.4 Å². The molecule has 0 spiro atoms. The molecular weight excluding hydrogens is 381 g/mol. The van der Waals surface area contributed by atoms with Crippen LogP contribution in [-0.4, -0.2) is 20.7 Å². The van der Waals surface area contributed by atoms with E-state index in [9.17, 15) is 18.0 Å². The fourth-order valence-electron chi connectivity index (χ4n) is 3.70. The number of hydrogen-bond acceptors (Lipinski definition) is 3. The normalized spacial score (nSPS) is 14.9. The minimum Gasteiger partial charge on any atom is -0.304 e. The highest BCUT2D eigenvalue weighted by molar-refractivity contribution is 6.10. The van der Waals surface area contributed by atoms with Gasteiger partial charge in [0.25, 0.3) is 5.91 Å². The molecule has 2 heterocycles. The van der Waals surface area contributed by atoms with Crippen LogP contribution in [0.5, 0.6) is 0 Å². The molecule has 1 aliphatic rings. The highest BCUT2D eigenvalue weighted by Gasteiger charge is 2.39. The monoisotopic (exact) mass is 400 g/mol. The molecule has 4 rings (SSSR count). The number of rotatable bonds is 4. The third-order valence-corrected chi connectivity index (χ3v) is 5.32. The number of aromatic nitrogens is 3. The standard InChI is InChI=1S/C21H19F3N4O/c1-13(9-19-25-12-26-27(19)2)14-5-3-6-15(10-14)28-11-17-16(20(28)29)7-4-8-18(17)21(22,23)24/h3-8,10,12-13H,9,11H2,1-2H3/t13-/m1/s1. The number of hydrogen-bond donors (Lipinski definition) is 0. The maximum Gasteiger partial charge on any atom is 0.416 e. The SMILES string of the molecule is C[C@H](Cc1ncnn1C)c1cccc(N2Cc3c(cccc3C(F)(F)F)C2=O)c1. The largest absolute Gasteiger partial charge is 0.416 e. The molecule has 1 atom stereocenters. The van der Waals surface area contributed by atoms with Gasteiger partial charge in [0.2, 0.25) is 0 Å². The van der Waals surface area contributed by atoms with E-state index in [1.807, 2.05) is 32.2 Å². The summed E-state index contributed by atoms with van der Waals surface area (Å²) < 4.78 is 41.7. The number of halogens is 3. The van der Waals surface area contributed by atoms with Crippen LogP contribution in [0.2, 0.25) is 0 Å². The topological polar surface area (TPSA) is 51.0 Å². The Hall–Kier alpha value is -3.16. The lowest BCUT2D eigenvalue weighted by Crippen LogP contribution is -2.23. The van der Waals surface area contributed by atoms with Crippen molar-refractivity contribution in [2.24, 2.45) is 7.05 Å². The Balaban J connectivity index is 1.62. The van der Waals surface area contributed by atoms with Gasteiger partial charge < -0.3 is 4.90 Å². The number of amides is 1. The number of alkyl halides is 3. The number of aryl methyl sites for hydroxylation is 1. The smallest absolute Gasteiger partial charge is 0.304 e. The second-order valence-corrected chi connectivity index (χ2v) is 7.22. The second kappa shape index (κ2) is 7.02. The van der Waals surface area contributed by atoms with Gasteiger partial charge in [0.05, 0.1) is 12.1 Å². The van der Waals surface area contributed by atoms with Gasteiger partial charge in [-0.2, -0.15) is 18.3 Å². The van der Waals surface area contributed by atoms with Crippen LogP contribution in [-0.2, 0) is 26.2 Å². The molecule has 150 valence electrons. The van der Waals surface area contributed by atoms with Crippen molar-refractivity contribution < 1.29 is 18.0 Å². The van der Waals surface area contributed by atoms with Gasteiger partial charge >= 0.3 is 6.18 Å². The van der Waals surface area contributed by atoms with Crippen molar-refractivity contribution in [2.75, 3.05) is 4.90 Å². The Morgan fingerprint density at radius 1 is 1.17 bits per heavy atom. The highest BCUT2D eigenvalue weighted by Crippen LogP contribution is 2.38. The molecule has 5 nitrogen and oxygen atoms in total. The molecule has 3 aromatic rings. The van der Waals surface area contributed by atoms with E-state index in [1.54, 1.807) is 10.7 Å². The van der Waals surface area contributed by atoms with E-state index in [4.69, 9.17) is 0 Å². The Labute approximate surface area is 165 Å². The highest BCUT2D eigenvalue weighted by atomic mass is 19.4. The molecule has 0 bridgehead atoms. The number of carbonyl (C=O) groups excluding carboxylic acids is 1. The number of fused-ring (bicyclic) bond motifs is 1. The van der Waals surface area contributed by atoms with Crippen LogP contribution in [0, 0.1) is 0 Å². The Kier molecular flexibility index (Phi) is 4.64. The summed E-state index contributed by atoms with van der Waals surface area (Å²) in [5.74, 6) is 0.523. The van der Waals surface area contributed by atoms with Gasteiger partial charge in [0, 0.05) is 24.7 Å². The van der Waals surface area contributed by atoms with Crippen molar-refractivity contribution in [3.8, 4) is 0 Å². The van der Waals surface area contributed by atoms with Crippen LogP contribution in [0.4, 0.5) is 18.9 Å². The maximum absolute atomic E-state index is 13.3. The molecule has 1 aromatic heterocycles. The summed E-state index contributed by atoms with van der Waals surface area (Å²) in [4.78, 5) is 18.4. The molecule has 0 unspecified atom stereocenters. The Morgan fingerprint density at radius 2 is 1.93 bits per heavy atom. The fraction of sp³-hybridized carbons (Fsp3) is 0.286. The molecule has 0 fully saturated rings. The lowest BCUT2D eigenvalue weighted by Gasteiger charge is -2.19. The molecule has 1 amide bonds. The van der Waals surface area contributed by atoms with E-state index in [2.05, 4.69) is 10.1 Å². The third kappa shape index (κ3) is 3.50. The van der Waals surface area contributed by atoms with Crippen LogP contribution in [0.3, 0.4) is 0 Å². The van der Waals surface area contributed by atoms with Gasteiger partial charge in [0.15, 0.2) is 0 Å². The molecule has 2 aromatic carbocycles. The molecule has 0 aliphatic carbocycles. The first-order valence-corrected chi connectivity index (χ1v) is 9.19. The van der Waals surface area contributed by atoms with Crippen molar-refractivity contribution in [2.45, 2.75) is 32.0 Å². The predicted octanol–water partition coefficient (Wildman–Crippen LogP) is 4.34. The molecule has 0 saturated carbocycles. The Bertz CT molecular complexity index is 1070. The molecule has 0 N–H and O–H groups in total. The first kappa shape index (κ1) is 19.2. The number of nitrogens with zero attached hydrogens (tertiary/aromatic N) is 4. The molecular formula is C21H19F3N4O. The predicted molar refractivity (Wildman–Crippen MR) is 102 cm³/mol. The summed E-state index contributed by atoms with van der Waals surface area (Å²) in [6.45, 7) is 1.95. The minimum absolute atomic E-state index is 0.0301. The average Bonchev–Trinajstić information content (AvgIpc) is 3.24. The third-order valence-electron chi connectivity index (χ3n) is 5.32. The van der Waals surface area contributed by atoms with Crippen molar-refractivity contribution in [1.82, 2.24) is 14.8 Å².